The number of pyridine rings is 2. The minimum absolute atomic E-state index is 0. The molecule has 0 aliphatic rings. The predicted molar refractivity (Wildman–Crippen MR) is 101 cm³/mol. The van der Waals surface area contributed by atoms with Gasteiger partial charge in [0, 0.05) is 41.3 Å². The Hall–Kier alpha value is -2.45. The van der Waals surface area contributed by atoms with Crippen molar-refractivity contribution in [1.29, 1.82) is 0 Å². The molecule has 0 aliphatic carbocycles. The molecule has 5 N–H and O–H groups in total. The smallest absolute Gasteiger partial charge is 0.248 e. The van der Waals surface area contributed by atoms with E-state index in [1.807, 2.05) is 6.07 Å². The van der Waals surface area contributed by atoms with E-state index in [2.05, 4.69) is 15.3 Å². The Morgan fingerprint density at radius 2 is 2.08 bits per heavy atom. The first-order valence-corrected chi connectivity index (χ1v) is 8.23. The van der Waals surface area contributed by atoms with Gasteiger partial charge in [-0.1, -0.05) is 11.6 Å². The third-order valence-corrected chi connectivity index (χ3v) is 3.84. The lowest BCUT2D eigenvalue weighted by atomic mass is 10.2. The summed E-state index contributed by atoms with van der Waals surface area (Å²) in [4.78, 5) is 18.2. The minimum atomic E-state index is -0.662. The molecule has 1 aromatic carbocycles. The van der Waals surface area contributed by atoms with Gasteiger partial charge in [0.2, 0.25) is 5.56 Å². The van der Waals surface area contributed by atoms with Gasteiger partial charge >= 0.3 is 0 Å². The number of nitrogens with one attached hydrogen (secondary N) is 2. The van der Waals surface area contributed by atoms with Gasteiger partial charge in [0.1, 0.15) is 18.5 Å². The highest BCUT2D eigenvalue weighted by atomic mass is 35.5. The van der Waals surface area contributed by atoms with Crippen LogP contribution in [-0.4, -0.2) is 39.8 Å². The van der Waals surface area contributed by atoms with Crippen molar-refractivity contribution in [1.82, 2.24) is 15.3 Å². The van der Waals surface area contributed by atoms with Gasteiger partial charge in [-0.3, -0.25) is 9.78 Å². The van der Waals surface area contributed by atoms with E-state index in [9.17, 15) is 9.90 Å². The van der Waals surface area contributed by atoms with Crippen molar-refractivity contribution in [2.24, 2.45) is 0 Å². The van der Waals surface area contributed by atoms with E-state index < -0.39 is 6.10 Å². The molecule has 26 heavy (non-hydrogen) atoms. The summed E-state index contributed by atoms with van der Waals surface area (Å²) in [5.41, 5.74) is 1.41. The van der Waals surface area contributed by atoms with Crippen molar-refractivity contribution in [2.45, 2.75) is 12.6 Å². The number of aromatic nitrogens is 2. The molecule has 3 aromatic rings. The molecule has 1 atom stereocenters. The quantitative estimate of drug-likeness (QED) is 0.573. The molecule has 0 saturated heterocycles. The van der Waals surface area contributed by atoms with Crippen LogP contribution in [0.2, 0.25) is 5.02 Å². The number of hydrogen-bond acceptors (Lipinski definition) is 5. The molecule has 3 rings (SSSR count). The fourth-order valence-corrected chi connectivity index (χ4v) is 2.57. The zero-order valence-electron chi connectivity index (χ0n) is 13.9. The molecule has 2 heterocycles. The summed E-state index contributed by atoms with van der Waals surface area (Å²) in [6.45, 7) is 1.04. The molecule has 1 unspecified atom stereocenters. The Balaban J connectivity index is 0.00000243. The SMILES string of the molecule is O.O=c1ccc2cc(OCC(O)CNCc3cc(Cl)ccn3)ccc2[nH]1. The van der Waals surface area contributed by atoms with Crippen molar-refractivity contribution >= 4 is 22.5 Å². The Kier molecular flexibility index (Phi) is 7.11. The number of nitrogens with zero attached hydrogens (tertiary/aromatic N) is 1. The zero-order valence-corrected chi connectivity index (χ0v) is 14.7. The van der Waals surface area contributed by atoms with Crippen molar-refractivity contribution in [3.8, 4) is 5.75 Å². The summed E-state index contributed by atoms with van der Waals surface area (Å²) in [6.07, 6.45) is 0.983. The van der Waals surface area contributed by atoms with Gasteiger partial charge in [0.15, 0.2) is 0 Å². The summed E-state index contributed by atoms with van der Waals surface area (Å²) >= 11 is 5.90. The van der Waals surface area contributed by atoms with Crippen LogP contribution >= 0.6 is 11.6 Å². The Morgan fingerprint density at radius 1 is 1.23 bits per heavy atom. The van der Waals surface area contributed by atoms with Crippen LogP contribution in [0.4, 0.5) is 0 Å². The number of hydrogen-bond donors (Lipinski definition) is 3. The monoisotopic (exact) mass is 377 g/mol. The molecule has 0 bridgehead atoms. The molecular weight excluding hydrogens is 358 g/mol. The fourth-order valence-electron chi connectivity index (χ4n) is 2.39. The normalized spacial score (nSPS) is 11.8. The van der Waals surface area contributed by atoms with E-state index in [-0.39, 0.29) is 17.6 Å². The van der Waals surface area contributed by atoms with E-state index >= 15 is 0 Å². The molecule has 0 aliphatic heterocycles. The number of aliphatic hydroxyl groups is 1. The highest BCUT2D eigenvalue weighted by Crippen LogP contribution is 2.18. The largest absolute Gasteiger partial charge is 0.491 e. The standard InChI is InChI=1S/C18H18ClN3O3.H2O/c19-13-5-6-21-14(8-13)9-20-10-15(23)11-25-16-2-3-17-12(7-16)1-4-18(24)22-17;/h1-8,15,20,23H,9-11H2,(H,22,24);1H2. The molecule has 0 saturated carbocycles. The number of benzene rings is 1. The third-order valence-electron chi connectivity index (χ3n) is 3.60. The van der Waals surface area contributed by atoms with Crippen LogP contribution < -0.4 is 15.6 Å². The van der Waals surface area contributed by atoms with Crippen molar-refractivity contribution in [3.05, 3.63) is 69.7 Å². The zero-order chi connectivity index (χ0) is 17.6. The minimum Gasteiger partial charge on any atom is -0.491 e. The Bertz CT molecular complexity index is 916. The molecule has 138 valence electrons. The molecular formula is C18H20ClN3O4. The van der Waals surface area contributed by atoms with Crippen LogP contribution in [0.3, 0.4) is 0 Å². The van der Waals surface area contributed by atoms with Gasteiger partial charge in [-0.25, -0.2) is 0 Å². The number of aromatic amines is 1. The van der Waals surface area contributed by atoms with Crippen LogP contribution in [0.15, 0.2) is 53.5 Å². The number of ether oxygens (including phenoxy) is 1. The summed E-state index contributed by atoms with van der Waals surface area (Å²) in [6, 6.07) is 12.0. The second-order valence-electron chi connectivity index (χ2n) is 5.63. The molecule has 8 heteroatoms. The number of rotatable bonds is 7. The van der Waals surface area contributed by atoms with Crippen LogP contribution in [0, 0.1) is 0 Å². The first kappa shape index (κ1) is 19.9. The molecule has 7 nitrogen and oxygen atoms in total. The lowest BCUT2D eigenvalue weighted by Crippen LogP contribution is -2.31. The maximum absolute atomic E-state index is 11.3. The maximum atomic E-state index is 11.3. The summed E-state index contributed by atoms with van der Waals surface area (Å²) in [5, 5.41) is 14.6. The van der Waals surface area contributed by atoms with Gasteiger partial charge in [0.25, 0.3) is 0 Å². The average molecular weight is 378 g/mol. The lowest BCUT2D eigenvalue weighted by molar-refractivity contribution is 0.106. The molecule has 0 fully saturated rings. The molecule has 0 amide bonds. The van der Waals surface area contributed by atoms with Crippen LogP contribution in [0.5, 0.6) is 5.75 Å². The summed E-state index contributed by atoms with van der Waals surface area (Å²) in [5.74, 6) is 0.634. The van der Waals surface area contributed by atoms with Gasteiger partial charge in [-0.05, 0) is 36.4 Å². The van der Waals surface area contributed by atoms with Crippen molar-refractivity contribution in [2.75, 3.05) is 13.2 Å². The van der Waals surface area contributed by atoms with Gasteiger partial charge in [-0.15, -0.1) is 0 Å². The van der Waals surface area contributed by atoms with E-state index in [4.69, 9.17) is 16.3 Å². The number of fused-ring (bicyclic) bond motifs is 1. The summed E-state index contributed by atoms with van der Waals surface area (Å²) in [7, 11) is 0. The van der Waals surface area contributed by atoms with Gasteiger partial charge < -0.3 is 25.6 Å². The number of halogens is 1. The van der Waals surface area contributed by atoms with Crippen LogP contribution in [0.1, 0.15) is 5.69 Å². The summed E-state index contributed by atoms with van der Waals surface area (Å²) < 4.78 is 5.61. The highest BCUT2D eigenvalue weighted by Gasteiger charge is 2.06. The average Bonchev–Trinajstić information content (AvgIpc) is 2.60. The van der Waals surface area contributed by atoms with Crippen molar-refractivity contribution in [3.63, 3.8) is 0 Å². The first-order chi connectivity index (χ1) is 12.1. The van der Waals surface area contributed by atoms with E-state index in [1.165, 1.54) is 6.07 Å². The second kappa shape index (κ2) is 9.30. The molecule has 0 spiro atoms. The number of H-pyrrole nitrogens is 1. The topological polar surface area (TPSA) is 119 Å². The first-order valence-electron chi connectivity index (χ1n) is 7.85. The van der Waals surface area contributed by atoms with Gasteiger partial charge in [-0.2, -0.15) is 0 Å². The van der Waals surface area contributed by atoms with E-state index in [0.29, 0.717) is 23.9 Å². The number of aliphatic hydroxyl groups excluding tert-OH is 1. The highest BCUT2D eigenvalue weighted by molar-refractivity contribution is 6.30. The second-order valence-corrected chi connectivity index (χ2v) is 6.07. The van der Waals surface area contributed by atoms with Crippen LogP contribution in [-0.2, 0) is 6.54 Å². The fraction of sp³-hybridized carbons (Fsp3) is 0.222. The van der Waals surface area contributed by atoms with Crippen LogP contribution in [0.25, 0.3) is 10.9 Å². The van der Waals surface area contributed by atoms with E-state index in [0.717, 1.165) is 16.6 Å². The Labute approximate surface area is 154 Å². The molecule has 2 aromatic heterocycles. The lowest BCUT2D eigenvalue weighted by Gasteiger charge is -2.13. The van der Waals surface area contributed by atoms with Crippen molar-refractivity contribution < 1.29 is 15.3 Å². The third kappa shape index (κ3) is 5.53. The van der Waals surface area contributed by atoms with Gasteiger partial charge in [0.05, 0.1) is 5.69 Å². The predicted octanol–water partition coefficient (Wildman–Crippen LogP) is 1.28. The maximum Gasteiger partial charge on any atom is 0.248 e. The Morgan fingerprint density at radius 3 is 2.88 bits per heavy atom. The molecule has 0 radical (unpaired) electrons. The van der Waals surface area contributed by atoms with E-state index in [1.54, 1.807) is 36.5 Å².